The van der Waals surface area contributed by atoms with Crippen molar-refractivity contribution in [1.82, 2.24) is 0 Å². The van der Waals surface area contributed by atoms with Crippen LogP contribution in [-0.4, -0.2) is 17.0 Å². The number of ketones is 1. The van der Waals surface area contributed by atoms with Gasteiger partial charge in [0.2, 0.25) is 0 Å². The van der Waals surface area contributed by atoms with E-state index in [1.165, 1.54) is 6.92 Å². The molecule has 37 heavy (non-hydrogen) atoms. The standard InChI is InChI=1S/C33H40O4/c1-6-27-18-28(33(23(4)22(27)3)37-20-26-15-11-8-12-16-26)30-21(2)17-29(31(24(5)34)32(30)35)36-19-25-13-9-7-10-14-25/h7-17,22-23,27-28,33,35H,6,18-20H2,1-5H3. The van der Waals surface area contributed by atoms with E-state index < -0.39 is 0 Å². The smallest absolute Gasteiger partial charge is 0.167 e. The Hall–Kier alpha value is -3.11. The van der Waals surface area contributed by atoms with Crippen LogP contribution in [0.1, 0.15) is 79.1 Å². The summed E-state index contributed by atoms with van der Waals surface area (Å²) < 4.78 is 12.7. The van der Waals surface area contributed by atoms with Crippen molar-refractivity contribution < 1.29 is 19.4 Å². The van der Waals surface area contributed by atoms with E-state index in [2.05, 4.69) is 32.9 Å². The summed E-state index contributed by atoms with van der Waals surface area (Å²) in [4.78, 5) is 12.8. The molecule has 5 atom stereocenters. The first-order valence-electron chi connectivity index (χ1n) is 13.5. The van der Waals surface area contributed by atoms with Gasteiger partial charge in [-0.15, -0.1) is 0 Å². The van der Waals surface area contributed by atoms with Crippen LogP contribution in [0.4, 0.5) is 0 Å². The first-order valence-corrected chi connectivity index (χ1v) is 13.5. The topological polar surface area (TPSA) is 55.8 Å². The Morgan fingerprint density at radius 1 is 0.946 bits per heavy atom. The Balaban J connectivity index is 1.71. The minimum absolute atomic E-state index is 0.0128. The number of carbonyl (C=O) groups excluding carboxylic acids is 1. The number of aromatic hydroxyl groups is 1. The lowest BCUT2D eigenvalue weighted by Gasteiger charge is -2.45. The minimum Gasteiger partial charge on any atom is -0.507 e. The summed E-state index contributed by atoms with van der Waals surface area (Å²) in [5, 5.41) is 11.6. The lowest BCUT2D eigenvalue weighted by Crippen LogP contribution is -2.42. The third kappa shape index (κ3) is 5.91. The number of hydrogen-bond donors (Lipinski definition) is 1. The summed E-state index contributed by atoms with van der Waals surface area (Å²) in [6.07, 6.45) is 1.92. The Morgan fingerprint density at radius 3 is 2.11 bits per heavy atom. The van der Waals surface area contributed by atoms with Gasteiger partial charge in [-0.05, 0) is 60.8 Å². The van der Waals surface area contributed by atoms with Gasteiger partial charge in [0, 0.05) is 11.5 Å². The number of phenolic OH excluding ortho intramolecular Hbond substituents is 1. The van der Waals surface area contributed by atoms with Crippen LogP contribution in [0, 0.1) is 24.7 Å². The van der Waals surface area contributed by atoms with E-state index in [9.17, 15) is 9.90 Å². The maximum atomic E-state index is 12.8. The molecular formula is C33H40O4. The van der Waals surface area contributed by atoms with Crippen LogP contribution < -0.4 is 4.74 Å². The molecule has 0 aromatic heterocycles. The molecule has 0 radical (unpaired) electrons. The zero-order valence-electron chi connectivity index (χ0n) is 22.7. The summed E-state index contributed by atoms with van der Waals surface area (Å²) in [5.74, 6) is 1.59. The van der Waals surface area contributed by atoms with E-state index in [4.69, 9.17) is 9.47 Å². The number of Topliss-reactive ketones (excluding diaryl/α,β-unsaturated/α-hetero) is 1. The molecule has 5 unspecified atom stereocenters. The van der Waals surface area contributed by atoms with E-state index in [1.54, 1.807) is 0 Å². The molecule has 1 N–H and O–H groups in total. The van der Waals surface area contributed by atoms with Crippen molar-refractivity contribution in [1.29, 1.82) is 0 Å². The maximum absolute atomic E-state index is 12.8. The Kier molecular flexibility index (Phi) is 8.71. The molecular weight excluding hydrogens is 460 g/mol. The first kappa shape index (κ1) is 26.9. The van der Waals surface area contributed by atoms with Crippen LogP contribution in [0.2, 0.25) is 0 Å². The number of phenols is 1. The molecule has 0 amide bonds. The Labute approximate surface area is 221 Å². The van der Waals surface area contributed by atoms with Gasteiger partial charge in [0.1, 0.15) is 23.7 Å². The maximum Gasteiger partial charge on any atom is 0.167 e. The normalized spacial score (nSPS) is 23.5. The van der Waals surface area contributed by atoms with Crippen molar-refractivity contribution >= 4 is 5.78 Å². The van der Waals surface area contributed by atoms with Gasteiger partial charge in [0.15, 0.2) is 5.78 Å². The lowest BCUT2D eigenvalue weighted by molar-refractivity contribution is -0.0653. The van der Waals surface area contributed by atoms with Crippen LogP contribution in [-0.2, 0) is 18.0 Å². The quantitative estimate of drug-likeness (QED) is 0.304. The monoisotopic (exact) mass is 500 g/mol. The zero-order valence-corrected chi connectivity index (χ0v) is 22.7. The highest BCUT2D eigenvalue weighted by Gasteiger charge is 2.43. The van der Waals surface area contributed by atoms with Gasteiger partial charge in [-0.1, -0.05) is 87.9 Å². The summed E-state index contributed by atoms with van der Waals surface area (Å²) in [6, 6.07) is 22.0. The number of rotatable bonds is 9. The van der Waals surface area contributed by atoms with Crippen molar-refractivity contribution in [3.8, 4) is 11.5 Å². The van der Waals surface area contributed by atoms with Gasteiger partial charge in [0.05, 0.1) is 12.7 Å². The third-order valence-electron chi connectivity index (χ3n) is 8.32. The molecule has 4 nitrogen and oxygen atoms in total. The third-order valence-corrected chi connectivity index (χ3v) is 8.32. The highest BCUT2D eigenvalue weighted by atomic mass is 16.5. The van der Waals surface area contributed by atoms with Gasteiger partial charge >= 0.3 is 0 Å². The predicted molar refractivity (Wildman–Crippen MR) is 148 cm³/mol. The number of carbonyl (C=O) groups is 1. The Morgan fingerprint density at radius 2 is 1.54 bits per heavy atom. The average molecular weight is 501 g/mol. The molecule has 196 valence electrons. The molecule has 4 heteroatoms. The molecule has 1 saturated carbocycles. The van der Waals surface area contributed by atoms with E-state index in [-0.39, 0.29) is 29.1 Å². The Bertz CT molecular complexity index is 1190. The summed E-state index contributed by atoms with van der Waals surface area (Å²) >= 11 is 0. The van der Waals surface area contributed by atoms with Crippen LogP contribution in [0.3, 0.4) is 0 Å². The highest BCUT2D eigenvalue weighted by Crippen LogP contribution is 2.50. The van der Waals surface area contributed by atoms with Gasteiger partial charge in [-0.2, -0.15) is 0 Å². The van der Waals surface area contributed by atoms with Gasteiger partial charge < -0.3 is 14.6 Å². The second-order valence-electron chi connectivity index (χ2n) is 10.6. The number of hydrogen-bond acceptors (Lipinski definition) is 4. The highest BCUT2D eigenvalue weighted by molar-refractivity contribution is 6.00. The van der Waals surface area contributed by atoms with Gasteiger partial charge in [-0.3, -0.25) is 4.79 Å². The molecule has 0 aliphatic heterocycles. The fraction of sp³-hybridized carbons (Fsp3) is 0.424. The van der Waals surface area contributed by atoms with Gasteiger partial charge in [-0.25, -0.2) is 0 Å². The molecule has 3 aromatic rings. The van der Waals surface area contributed by atoms with E-state index in [0.29, 0.717) is 36.7 Å². The van der Waals surface area contributed by atoms with Gasteiger partial charge in [0.25, 0.3) is 0 Å². The fourth-order valence-corrected chi connectivity index (χ4v) is 6.07. The SMILES string of the molecule is CCC1CC(c2c(C)cc(OCc3ccccc3)c(C(C)=O)c2O)C(OCc2ccccc2)C(C)C1C. The molecule has 0 heterocycles. The van der Waals surface area contributed by atoms with Crippen molar-refractivity contribution in [3.63, 3.8) is 0 Å². The molecule has 3 aromatic carbocycles. The van der Waals surface area contributed by atoms with Crippen LogP contribution in [0.25, 0.3) is 0 Å². The molecule has 0 spiro atoms. The number of ether oxygens (including phenoxy) is 2. The van der Waals surface area contributed by atoms with Crippen LogP contribution >= 0.6 is 0 Å². The predicted octanol–water partition coefficient (Wildman–Crippen LogP) is 7.85. The number of aryl methyl sites for hydroxylation is 1. The fourth-order valence-electron chi connectivity index (χ4n) is 6.07. The molecule has 4 rings (SSSR count). The van der Waals surface area contributed by atoms with Crippen molar-refractivity contribution in [3.05, 3.63) is 94.5 Å². The van der Waals surface area contributed by atoms with Crippen molar-refractivity contribution in [2.75, 3.05) is 0 Å². The zero-order chi connectivity index (χ0) is 26.5. The lowest BCUT2D eigenvalue weighted by atomic mass is 9.64. The summed E-state index contributed by atoms with van der Waals surface area (Å²) in [5.41, 5.74) is 4.16. The minimum atomic E-state index is -0.201. The van der Waals surface area contributed by atoms with E-state index in [0.717, 1.165) is 35.1 Å². The first-order chi connectivity index (χ1) is 17.8. The molecule has 1 aliphatic carbocycles. The summed E-state index contributed by atoms with van der Waals surface area (Å²) in [7, 11) is 0. The molecule has 1 fully saturated rings. The molecule has 0 saturated heterocycles. The second kappa shape index (κ2) is 12.0. The molecule has 1 aliphatic rings. The van der Waals surface area contributed by atoms with E-state index >= 15 is 0 Å². The van der Waals surface area contributed by atoms with Crippen molar-refractivity contribution in [2.24, 2.45) is 17.8 Å². The summed E-state index contributed by atoms with van der Waals surface area (Å²) in [6.45, 7) is 11.2. The molecule has 0 bridgehead atoms. The van der Waals surface area contributed by atoms with Crippen molar-refractivity contribution in [2.45, 2.75) is 72.7 Å². The number of benzene rings is 3. The van der Waals surface area contributed by atoms with E-state index in [1.807, 2.05) is 61.5 Å². The second-order valence-corrected chi connectivity index (χ2v) is 10.6. The largest absolute Gasteiger partial charge is 0.507 e. The van der Waals surface area contributed by atoms with Crippen LogP contribution in [0.15, 0.2) is 66.7 Å². The average Bonchev–Trinajstić information content (AvgIpc) is 2.89. The van der Waals surface area contributed by atoms with Crippen LogP contribution in [0.5, 0.6) is 11.5 Å².